The minimum Gasteiger partial charge on any atom is -0.311 e. The van der Waals surface area contributed by atoms with Crippen LogP contribution in [0.1, 0.15) is 55.9 Å². The molecule has 0 amide bonds. The maximum Gasteiger partial charge on any atom is 0.236 e. The zero-order valence-electron chi connectivity index (χ0n) is 28.9. The summed E-state index contributed by atoms with van der Waals surface area (Å²) in [5, 5.41) is 0. The molecule has 43 heavy (non-hydrogen) atoms. The summed E-state index contributed by atoms with van der Waals surface area (Å²) < 4.78 is 10.7. The van der Waals surface area contributed by atoms with Gasteiger partial charge >= 0.3 is 0 Å². The summed E-state index contributed by atoms with van der Waals surface area (Å²) in [6.07, 6.45) is 12.5. The van der Waals surface area contributed by atoms with Crippen LogP contribution in [-0.4, -0.2) is 37.2 Å². The van der Waals surface area contributed by atoms with Crippen molar-refractivity contribution in [3.8, 4) is 0 Å². The molecule has 0 atom stereocenters. The average molecular weight is 589 g/mol. The van der Waals surface area contributed by atoms with Crippen molar-refractivity contribution in [1.82, 2.24) is 0 Å². The highest BCUT2D eigenvalue weighted by atomic mass is 15.3. The zero-order valence-corrected chi connectivity index (χ0v) is 28.9. The summed E-state index contributed by atoms with van der Waals surface area (Å²) in [5.74, 6) is 0. The number of aryl methyl sites for hydroxylation is 4. The van der Waals surface area contributed by atoms with E-state index in [4.69, 9.17) is 0 Å². The standard InChI is InChI=1S/2C16H24N3.C5H12/c2*1-17-11-7-5-9-15(17)13-19(3,4)14-16-10-6-8-12-18(16)2;1-3-5-4-2/h2*5-12H,13-14H2,1-4H3;3-5H2,1-2H3/q2*+3;. The van der Waals surface area contributed by atoms with Gasteiger partial charge < -0.3 is 8.97 Å². The minimum absolute atomic E-state index is 0.940. The predicted octanol–water partition coefficient (Wildman–Crippen LogP) is 4.42. The SMILES string of the molecule is CCCCC.C[n+]1ccccc1C[N+](C)(C)Cc1cccc[n+]1C.C[n+]1ccccc1C[N+](C)(C)Cc1cccc[n+]1C. The number of rotatable bonds is 10. The molecule has 6 nitrogen and oxygen atoms in total. The summed E-state index contributed by atoms with van der Waals surface area (Å²) in [4.78, 5) is 0. The lowest BCUT2D eigenvalue weighted by Crippen LogP contribution is -2.47. The van der Waals surface area contributed by atoms with Crippen LogP contribution in [0.5, 0.6) is 0 Å². The van der Waals surface area contributed by atoms with Gasteiger partial charge in [-0.1, -0.05) is 33.1 Å². The van der Waals surface area contributed by atoms with Gasteiger partial charge in [0.25, 0.3) is 0 Å². The molecule has 232 valence electrons. The molecule has 0 bridgehead atoms. The van der Waals surface area contributed by atoms with E-state index in [-0.39, 0.29) is 0 Å². The first kappa shape index (κ1) is 35.7. The Kier molecular flexibility index (Phi) is 14.6. The second-order valence-corrected chi connectivity index (χ2v) is 13.1. The van der Waals surface area contributed by atoms with Crippen molar-refractivity contribution < 1.29 is 27.2 Å². The van der Waals surface area contributed by atoms with Crippen LogP contribution >= 0.6 is 0 Å². The second kappa shape index (κ2) is 17.6. The Labute approximate surface area is 262 Å². The van der Waals surface area contributed by atoms with E-state index in [1.807, 2.05) is 0 Å². The van der Waals surface area contributed by atoms with E-state index in [1.165, 1.54) is 42.0 Å². The molecular weight excluding hydrogens is 528 g/mol. The van der Waals surface area contributed by atoms with Crippen LogP contribution in [0.15, 0.2) is 97.6 Å². The van der Waals surface area contributed by atoms with E-state index in [0.717, 1.165) is 35.1 Å². The van der Waals surface area contributed by atoms with E-state index in [1.54, 1.807) is 0 Å². The maximum absolute atomic E-state index is 2.28. The van der Waals surface area contributed by atoms with E-state index in [9.17, 15) is 0 Å². The average Bonchev–Trinajstić information content (AvgIpc) is 2.95. The molecule has 4 aromatic rings. The lowest BCUT2D eigenvalue weighted by molar-refractivity contribution is -0.932. The predicted molar refractivity (Wildman–Crippen MR) is 175 cm³/mol. The molecule has 0 aliphatic heterocycles. The fourth-order valence-electron chi connectivity index (χ4n) is 5.11. The fourth-order valence-corrected chi connectivity index (χ4v) is 5.11. The lowest BCUT2D eigenvalue weighted by Gasteiger charge is -2.27. The summed E-state index contributed by atoms with van der Waals surface area (Å²) in [6.45, 7) is 8.50. The molecule has 6 heteroatoms. The highest BCUT2D eigenvalue weighted by molar-refractivity contribution is 4.99. The molecule has 4 rings (SSSR count). The van der Waals surface area contributed by atoms with Crippen molar-refractivity contribution in [2.75, 3.05) is 28.2 Å². The first-order chi connectivity index (χ1) is 20.4. The largest absolute Gasteiger partial charge is 0.311 e. The third-order valence-corrected chi connectivity index (χ3v) is 7.72. The molecule has 0 N–H and O–H groups in total. The van der Waals surface area contributed by atoms with Gasteiger partial charge in [0.05, 0.1) is 28.2 Å². The molecule has 4 aromatic heterocycles. The molecule has 0 radical (unpaired) electrons. The molecule has 0 fully saturated rings. The Hall–Kier alpha value is -3.48. The summed E-state index contributed by atoms with van der Waals surface area (Å²) in [7, 11) is 17.5. The molecule has 0 aliphatic rings. The fraction of sp³-hybridized carbons (Fsp3) is 0.459. The zero-order chi connectivity index (χ0) is 31.9. The van der Waals surface area contributed by atoms with Gasteiger partial charge in [0, 0.05) is 48.5 Å². The molecule has 0 unspecified atom stereocenters. The Bertz CT molecular complexity index is 1170. The van der Waals surface area contributed by atoms with Gasteiger partial charge in [0.15, 0.2) is 51.0 Å². The van der Waals surface area contributed by atoms with Gasteiger partial charge in [-0.15, -0.1) is 0 Å². The van der Waals surface area contributed by atoms with Crippen LogP contribution in [-0.2, 0) is 54.4 Å². The van der Waals surface area contributed by atoms with Gasteiger partial charge in [-0.3, -0.25) is 0 Å². The van der Waals surface area contributed by atoms with Crippen molar-refractivity contribution in [2.24, 2.45) is 28.2 Å². The van der Waals surface area contributed by atoms with Crippen molar-refractivity contribution in [1.29, 1.82) is 0 Å². The van der Waals surface area contributed by atoms with E-state index >= 15 is 0 Å². The number of aromatic nitrogens is 4. The summed E-state index contributed by atoms with van der Waals surface area (Å²) in [6, 6.07) is 25.5. The molecule has 4 heterocycles. The van der Waals surface area contributed by atoms with Crippen molar-refractivity contribution in [2.45, 2.75) is 59.3 Å². The monoisotopic (exact) mass is 588 g/mol. The van der Waals surface area contributed by atoms with Crippen molar-refractivity contribution >= 4 is 0 Å². The van der Waals surface area contributed by atoms with Crippen LogP contribution in [0.2, 0.25) is 0 Å². The highest BCUT2D eigenvalue weighted by Crippen LogP contribution is 2.11. The first-order valence-electron chi connectivity index (χ1n) is 15.8. The lowest BCUT2D eigenvalue weighted by atomic mass is 10.2. The molecule has 0 spiro atoms. The van der Waals surface area contributed by atoms with Gasteiger partial charge in [-0.25, -0.2) is 18.3 Å². The molecule has 0 aromatic carbocycles. The van der Waals surface area contributed by atoms with Crippen LogP contribution < -0.4 is 18.3 Å². The van der Waals surface area contributed by atoms with Crippen molar-refractivity contribution in [3.05, 3.63) is 120 Å². The Morgan fingerprint density at radius 3 is 0.814 bits per heavy atom. The Morgan fingerprint density at radius 1 is 0.419 bits per heavy atom. The third kappa shape index (κ3) is 13.1. The maximum atomic E-state index is 2.28. The Balaban J connectivity index is 0.000000260. The number of pyridine rings is 4. The van der Waals surface area contributed by atoms with Crippen LogP contribution in [0, 0.1) is 0 Å². The normalized spacial score (nSPS) is 11.2. The Morgan fingerprint density at radius 2 is 0.651 bits per heavy atom. The number of hydrogen-bond donors (Lipinski definition) is 0. The van der Waals surface area contributed by atoms with Gasteiger partial charge in [-0.05, 0) is 24.3 Å². The second-order valence-electron chi connectivity index (χ2n) is 13.1. The highest BCUT2D eigenvalue weighted by Gasteiger charge is 2.26. The molecule has 0 saturated carbocycles. The molecule has 0 aliphatic carbocycles. The number of nitrogens with zero attached hydrogens (tertiary/aromatic N) is 6. The molecule has 0 saturated heterocycles. The van der Waals surface area contributed by atoms with Crippen LogP contribution in [0.25, 0.3) is 0 Å². The number of hydrogen-bond acceptors (Lipinski definition) is 0. The van der Waals surface area contributed by atoms with Crippen molar-refractivity contribution in [3.63, 3.8) is 0 Å². The van der Waals surface area contributed by atoms with Gasteiger partial charge in [-0.2, -0.15) is 0 Å². The number of unbranched alkanes of at least 4 members (excludes halogenated alkanes) is 2. The topological polar surface area (TPSA) is 15.5 Å². The van der Waals surface area contributed by atoms with Crippen LogP contribution in [0.3, 0.4) is 0 Å². The van der Waals surface area contributed by atoms with Gasteiger partial charge in [0.2, 0.25) is 22.8 Å². The number of quaternary nitrogens is 2. The molecular formula is C37H60N6+6. The smallest absolute Gasteiger partial charge is 0.236 e. The van der Waals surface area contributed by atoms with E-state index in [0.29, 0.717) is 0 Å². The van der Waals surface area contributed by atoms with Gasteiger partial charge in [0.1, 0.15) is 28.2 Å². The third-order valence-electron chi connectivity index (χ3n) is 7.72. The van der Waals surface area contributed by atoms with E-state index in [2.05, 4.69) is 186 Å². The summed E-state index contributed by atoms with van der Waals surface area (Å²) >= 11 is 0. The van der Waals surface area contributed by atoms with Crippen LogP contribution in [0.4, 0.5) is 0 Å². The quantitative estimate of drug-likeness (QED) is 0.193. The first-order valence-corrected chi connectivity index (χ1v) is 15.8. The minimum atomic E-state index is 0.940. The van der Waals surface area contributed by atoms with E-state index < -0.39 is 0 Å². The summed E-state index contributed by atoms with van der Waals surface area (Å²) in [5.41, 5.74) is 5.41.